The van der Waals surface area contributed by atoms with Crippen molar-refractivity contribution < 1.29 is 19.0 Å². The fraction of sp³-hybridized carbons (Fsp3) is 0.222. The molecular formula is C36H34N4O5S. The molecule has 3 heterocycles. The first-order valence-corrected chi connectivity index (χ1v) is 15.8. The van der Waals surface area contributed by atoms with Gasteiger partial charge < -0.3 is 14.2 Å². The molecule has 1 atom stereocenters. The summed E-state index contributed by atoms with van der Waals surface area (Å²) in [6.07, 6.45) is 3.42. The quantitative estimate of drug-likeness (QED) is 0.200. The number of hydrogen-bond acceptors (Lipinski definition) is 8. The van der Waals surface area contributed by atoms with Gasteiger partial charge in [0.2, 0.25) is 0 Å². The van der Waals surface area contributed by atoms with Crippen LogP contribution in [-0.4, -0.2) is 40.1 Å². The Bertz CT molecular complexity index is 2090. The molecule has 10 heteroatoms. The third-order valence-corrected chi connectivity index (χ3v) is 8.49. The molecule has 6 rings (SSSR count). The lowest BCUT2D eigenvalue weighted by Crippen LogP contribution is -2.40. The normalized spacial score (nSPS) is 14.7. The number of carbonyl (C=O) groups excluding carboxylic acids is 1. The summed E-state index contributed by atoms with van der Waals surface area (Å²) in [5, 5.41) is 4.92. The number of allylic oxidation sites excluding steroid dienone is 1. The summed E-state index contributed by atoms with van der Waals surface area (Å²) in [7, 11) is 1.59. The van der Waals surface area contributed by atoms with Crippen LogP contribution in [0.15, 0.2) is 106 Å². The Hall–Kier alpha value is -5.22. The molecular weight excluding hydrogens is 600 g/mol. The van der Waals surface area contributed by atoms with Crippen LogP contribution in [0.1, 0.15) is 44.9 Å². The minimum absolute atomic E-state index is 0.267. The van der Waals surface area contributed by atoms with E-state index in [1.54, 1.807) is 37.1 Å². The van der Waals surface area contributed by atoms with Gasteiger partial charge in [-0.25, -0.2) is 14.5 Å². The van der Waals surface area contributed by atoms with Gasteiger partial charge in [-0.2, -0.15) is 5.10 Å². The van der Waals surface area contributed by atoms with Gasteiger partial charge in [0.25, 0.3) is 5.56 Å². The van der Waals surface area contributed by atoms with Gasteiger partial charge in [-0.05, 0) is 87.9 Å². The lowest BCUT2D eigenvalue weighted by Gasteiger charge is -2.25. The molecule has 0 aliphatic carbocycles. The Kier molecular flexibility index (Phi) is 8.72. The van der Waals surface area contributed by atoms with Gasteiger partial charge in [-0.1, -0.05) is 41.7 Å². The van der Waals surface area contributed by atoms with Gasteiger partial charge in [0.05, 0.1) is 47.4 Å². The second-order valence-corrected chi connectivity index (χ2v) is 12.0. The first-order chi connectivity index (χ1) is 22.3. The molecule has 1 aliphatic heterocycles. The fourth-order valence-electron chi connectivity index (χ4n) is 5.41. The first-order valence-electron chi connectivity index (χ1n) is 15.0. The minimum Gasteiger partial charge on any atom is -0.497 e. The molecule has 234 valence electrons. The molecule has 1 aliphatic rings. The van der Waals surface area contributed by atoms with Crippen molar-refractivity contribution in [3.05, 3.63) is 127 Å². The maximum absolute atomic E-state index is 14.3. The van der Waals surface area contributed by atoms with Crippen LogP contribution in [0.3, 0.4) is 0 Å². The van der Waals surface area contributed by atoms with Crippen molar-refractivity contribution in [2.45, 2.75) is 39.8 Å². The molecule has 3 aromatic carbocycles. The summed E-state index contributed by atoms with van der Waals surface area (Å²) in [5.41, 5.74) is 4.54. The number of thiazole rings is 1. The largest absolute Gasteiger partial charge is 0.497 e. The number of esters is 1. The van der Waals surface area contributed by atoms with Gasteiger partial charge in [-0.3, -0.25) is 9.36 Å². The van der Waals surface area contributed by atoms with Crippen LogP contribution in [0.4, 0.5) is 0 Å². The number of ether oxygens (including phenoxy) is 3. The maximum Gasteiger partial charge on any atom is 0.338 e. The standard InChI is InChI=1S/C36H34N4O5S/c1-6-44-29-18-12-24(13-19-29)32-26(21-39(38-32)27-10-8-7-9-11-27)20-30-34(41)40-33(25-14-16-28(43-5)17-15-25)31(35(42)45-22(2)3)23(4)37-36(40)46-30/h7-22,33H,6H2,1-5H3/b30-20+. The number of fused-ring (bicyclic) bond motifs is 1. The van der Waals surface area contributed by atoms with Crippen LogP contribution in [0.5, 0.6) is 11.5 Å². The SMILES string of the molecule is CCOc1ccc(-c2nn(-c3ccccc3)cc2/C=c2/sc3n(c2=O)C(c2ccc(OC)cc2)C(C(=O)OC(C)C)=C(C)N=3)cc1. The van der Waals surface area contributed by atoms with Crippen LogP contribution in [0, 0.1) is 0 Å². The third kappa shape index (κ3) is 6.03. The highest BCUT2D eigenvalue weighted by molar-refractivity contribution is 7.07. The monoisotopic (exact) mass is 634 g/mol. The summed E-state index contributed by atoms with van der Waals surface area (Å²) >= 11 is 1.27. The number of hydrogen-bond donors (Lipinski definition) is 0. The number of methoxy groups -OCH3 is 1. The number of rotatable bonds is 9. The number of benzene rings is 3. The van der Waals surface area contributed by atoms with Crippen molar-refractivity contribution in [2.75, 3.05) is 13.7 Å². The third-order valence-electron chi connectivity index (χ3n) is 7.50. The lowest BCUT2D eigenvalue weighted by atomic mass is 9.96. The molecule has 0 saturated carbocycles. The van der Waals surface area contributed by atoms with E-state index in [4.69, 9.17) is 24.3 Å². The Balaban J connectivity index is 1.53. The Labute approximate surface area is 270 Å². The summed E-state index contributed by atoms with van der Waals surface area (Å²) in [6.45, 7) is 7.88. The number of para-hydroxylation sites is 1. The van der Waals surface area contributed by atoms with Crippen LogP contribution < -0.4 is 24.4 Å². The van der Waals surface area contributed by atoms with Gasteiger partial charge in [0.15, 0.2) is 4.80 Å². The predicted octanol–water partition coefficient (Wildman–Crippen LogP) is 5.45. The topological polar surface area (TPSA) is 96.9 Å². The van der Waals surface area contributed by atoms with E-state index >= 15 is 0 Å². The van der Waals surface area contributed by atoms with Gasteiger partial charge in [-0.15, -0.1) is 0 Å². The Morgan fingerprint density at radius 2 is 1.70 bits per heavy atom. The second kappa shape index (κ2) is 13.0. The van der Waals surface area contributed by atoms with Crippen LogP contribution >= 0.6 is 11.3 Å². The van der Waals surface area contributed by atoms with Crippen molar-refractivity contribution in [1.82, 2.24) is 14.3 Å². The minimum atomic E-state index is -0.729. The average Bonchev–Trinajstić information content (AvgIpc) is 3.61. The molecule has 46 heavy (non-hydrogen) atoms. The molecule has 2 aromatic heterocycles. The molecule has 0 N–H and O–H groups in total. The lowest BCUT2D eigenvalue weighted by molar-refractivity contribution is -0.143. The van der Waals surface area contributed by atoms with E-state index in [-0.39, 0.29) is 11.7 Å². The summed E-state index contributed by atoms with van der Waals surface area (Å²) in [4.78, 5) is 33.0. The number of aromatic nitrogens is 3. The van der Waals surface area contributed by atoms with Crippen molar-refractivity contribution in [3.8, 4) is 28.4 Å². The van der Waals surface area contributed by atoms with E-state index in [0.717, 1.165) is 28.1 Å². The van der Waals surface area contributed by atoms with E-state index in [0.29, 0.717) is 38.7 Å². The molecule has 1 unspecified atom stereocenters. The van der Waals surface area contributed by atoms with E-state index in [9.17, 15) is 9.59 Å². The van der Waals surface area contributed by atoms with Gasteiger partial charge in [0, 0.05) is 17.3 Å². The number of nitrogens with zero attached hydrogens (tertiary/aromatic N) is 4. The van der Waals surface area contributed by atoms with Crippen molar-refractivity contribution in [2.24, 2.45) is 4.99 Å². The highest BCUT2D eigenvalue weighted by Crippen LogP contribution is 2.32. The van der Waals surface area contributed by atoms with E-state index < -0.39 is 12.0 Å². The van der Waals surface area contributed by atoms with E-state index in [1.807, 2.05) is 98.1 Å². The smallest absolute Gasteiger partial charge is 0.338 e. The number of carbonyl (C=O) groups is 1. The van der Waals surface area contributed by atoms with Gasteiger partial charge in [0.1, 0.15) is 17.2 Å². The van der Waals surface area contributed by atoms with Crippen LogP contribution in [-0.2, 0) is 9.53 Å². The predicted molar refractivity (Wildman–Crippen MR) is 178 cm³/mol. The molecule has 0 radical (unpaired) electrons. The van der Waals surface area contributed by atoms with Crippen molar-refractivity contribution >= 4 is 23.4 Å². The molecule has 0 amide bonds. The highest BCUT2D eigenvalue weighted by Gasteiger charge is 2.34. The van der Waals surface area contributed by atoms with Crippen molar-refractivity contribution in [3.63, 3.8) is 0 Å². The molecule has 0 fully saturated rings. The van der Waals surface area contributed by atoms with E-state index in [1.165, 1.54) is 11.3 Å². The maximum atomic E-state index is 14.3. The van der Waals surface area contributed by atoms with Crippen molar-refractivity contribution in [1.29, 1.82) is 0 Å². The molecule has 0 saturated heterocycles. The Morgan fingerprint density at radius 3 is 2.35 bits per heavy atom. The molecule has 0 spiro atoms. The molecule has 5 aromatic rings. The zero-order valence-electron chi connectivity index (χ0n) is 26.3. The molecule has 0 bridgehead atoms. The summed E-state index contributed by atoms with van der Waals surface area (Å²) < 4.78 is 20.5. The van der Waals surface area contributed by atoms with Crippen LogP contribution in [0.25, 0.3) is 23.0 Å². The molecule has 9 nitrogen and oxygen atoms in total. The highest BCUT2D eigenvalue weighted by atomic mass is 32.1. The summed E-state index contributed by atoms with van der Waals surface area (Å²) in [6, 6.07) is 24.2. The zero-order valence-corrected chi connectivity index (χ0v) is 27.1. The van der Waals surface area contributed by atoms with E-state index in [2.05, 4.69) is 0 Å². The second-order valence-electron chi connectivity index (χ2n) is 11.0. The summed E-state index contributed by atoms with van der Waals surface area (Å²) in [5.74, 6) is 0.929. The Morgan fingerprint density at radius 1 is 1.00 bits per heavy atom. The zero-order chi connectivity index (χ0) is 32.4. The first kappa shape index (κ1) is 30.8. The average molecular weight is 635 g/mol. The van der Waals surface area contributed by atoms with Gasteiger partial charge >= 0.3 is 5.97 Å². The van der Waals surface area contributed by atoms with Crippen LogP contribution in [0.2, 0.25) is 0 Å². The fourth-order valence-corrected chi connectivity index (χ4v) is 6.45.